The summed E-state index contributed by atoms with van der Waals surface area (Å²) >= 11 is 0. The molecule has 28 heavy (non-hydrogen) atoms. The second-order valence-electron chi connectivity index (χ2n) is 7.52. The van der Waals surface area contributed by atoms with Crippen molar-refractivity contribution in [1.29, 1.82) is 0 Å². The summed E-state index contributed by atoms with van der Waals surface area (Å²) in [4.78, 5) is 16.8. The Bertz CT molecular complexity index is 769. The highest BCUT2D eigenvalue weighted by molar-refractivity contribution is 5.99. The van der Waals surface area contributed by atoms with Gasteiger partial charge in [0.15, 0.2) is 0 Å². The molecule has 2 aromatic rings. The Kier molecular flexibility index (Phi) is 8.45. The molecule has 1 aliphatic carbocycles. The summed E-state index contributed by atoms with van der Waals surface area (Å²) in [5, 5.41) is 2.96. The second-order valence-corrected chi connectivity index (χ2v) is 7.52. The van der Waals surface area contributed by atoms with Gasteiger partial charge in [-0.3, -0.25) is 9.78 Å². The third-order valence-electron chi connectivity index (χ3n) is 5.60. The van der Waals surface area contributed by atoms with Crippen LogP contribution in [0.25, 0.3) is 0 Å². The third-order valence-corrected chi connectivity index (χ3v) is 5.60. The lowest BCUT2D eigenvalue weighted by Gasteiger charge is -2.57. The van der Waals surface area contributed by atoms with Gasteiger partial charge in [0.05, 0.1) is 6.10 Å². The van der Waals surface area contributed by atoms with E-state index >= 15 is 0 Å². The lowest BCUT2D eigenvalue weighted by atomic mass is 9.54. The van der Waals surface area contributed by atoms with Crippen LogP contribution in [0.2, 0.25) is 0 Å². The van der Waals surface area contributed by atoms with Gasteiger partial charge in [-0.2, -0.15) is 0 Å². The minimum absolute atomic E-state index is 0. The summed E-state index contributed by atoms with van der Waals surface area (Å²) < 4.78 is 5.70. The number of ether oxygens (including phenoxy) is 1. The van der Waals surface area contributed by atoms with Gasteiger partial charge < -0.3 is 15.8 Å². The molecule has 1 saturated carbocycles. The van der Waals surface area contributed by atoms with Crippen LogP contribution in [0, 0.1) is 5.41 Å². The number of nitrogens with zero attached hydrogens (tertiary/aromatic N) is 1. The van der Waals surface area contributed by atoms with Gasteiger partial charge in [0, 0.05) is 36.5 Å². The zero-order valence-corrected chi connectivity index (χ0v) is 18.1. The van der Waals surface area contributed by atoms with Gasteiger partial charge >= 0.3 is 0 Å². The number of nitrogens with one attached hydrogen (secondary N) is 1. The molecular weight excluding hydrogens is 397 g/mol. The fourth-order valence-electron chi connectivity index (χ4n) is 3.51. The number of carbonyl (C=O) groups is 1. The van der Waals surface area contributed by atoms with Crippen LogP contribution in [0.1, 0.15) is 38.3 Å². The van der Waals surface area contributed by atoms with E-state index < -0.39 is 11.0 Å². The number of aromatic nitrogens is 1. The SMILES string of the molecule is CCOC1CC(N)(C(=O)Nc2ccc(Cc3ccncc3)cc2)C1(C)C.Cl.Cl. The van der Waals surface area contributed by atoms with Crippen LogP contribution in [0.3, 0.4) is 0 Å². The Labute approximate surface area is 179 Å². The van der Waals surface area contributed by atoms with E-state index in [1.165, 1.54) is 11.1 Å². The number of hydrogen-bond donors (Lipinski definition) is 2. The fourth-order valence-corrected chi connectivity index (χ4v) is 3.51. The number of amides is 1. The first-order valence-electron chi connectivity index (χ1n) is 9.06. The Balaban J connectivity index is 0.00000196. The topological polar surface area (TPSA) is 77.2 Å². The zero-order valence-electron chi connectivity index (χ0n) is 16.5. The minimum Gasteiger partial charge on any atom is -0.378 e. The molecular formula is C21H29Cl2N3O2. The first kappa shape index (κ1) is 24.4. The average molecular weight is 426 g/mol. The predicted octanol–water partition coefficient (Wildman–Crippen LogP) is 3.99. The summed E-state index contributed by atoms with van der Waals surface area (Å²) in [5.41, 5.74) is 8.26. The highest BCUT2D eigenvalue weighted by Gasteiger charge is 2.62. The van der Waals surface area contributed by atoms with E-state index in [9.17, 15) is 4.79 Å². The molecule has 0 radical (unpaired) electrons. The smallest absolute Gasteiger partial charge is 0.245 e. The maximum absolute atomic E-state index is 12.8. The minimum atomic E-state index is -0.914. The van der Waals surface area contributed by atoms with Crippen molar-refractivity contribution in [3.8, 4) is 0 Å². The molecule has 0 spiro atoms. The van der Waals surface area contributed by atoms with Crippen molar-refractivity contribution in [2.75, 3.05) is 11.9 Å². The lowest BCUT2D eigenvalue weighted by Crippen LogP contribution is -2.74. The van der Waals surface area contributed by atoms with Crippen molar-refractivity contribution in [1.82, 2.24) is 4.98 Å². The Morgan fingerprint density at radius 3 is 2.25 bits per heavy atom. The molecule has 0 bridgehead atoms. The van der Waals surface area contributed by atoms with E-state index in [-0.39, 0.29) is 36.8 Å². The number of nitrogens with two attached hydrogens (primary N) is 1. The normalized spacial score (nSPS) is 22.2. The number of carbonyl (C=O) groups excluding carboxylic acids is 1. The molecule has 1 aromatic heterocycles. The maximum Gasteiger partial charge on any atom is 0.245 e. The quantitative estimate of drug-likeness (QED) is 0.733. The molecule has 2 atom stereocenters. The monoisotopic (exact) mass is 425 g/mol. The molecule has 3 rings (SSSR count). The third kappa shape index (κ3) is 4.66. The number of hydrogen-bond acceptors (Lipinski definition) is 4. The van der Waals surface area contributed by atoms with Crippen LogP contribution in [0.4, 0.5) is 5.69 Å². The van der Waals surface area contributed by atoms with Crippen molar-refractivity contribution in [3.05, 3.63) is 59.9 Å². The lowest BCUT2D eigenvalue weighted by molar-refractivity contribution is -0.166. The van der Waals surface area contributed by atoms with E-state index in [1.54, 1.807) is 12.4 Å². The van der Waals surface area contributed by atoms with Gasteiger partial charge in [-0.25, -0.2) is 0 Å². The van der Waals surface area contributed by atoms with E-state index in [0.29, 0.717) is 13.0 Å². The van der Waals surface area contributed by atoms with Crippen molar-refractivity contribution in [3.63, 3.8) is 0 Å². The van der Waals surface area contributed by atoms with Crippen LogP contribution >= 0.6 is 24.8 Å². The maximum atomic E-state index is 12.8. The molecule has 2 unspecified atom stereocenters. The van der Waals surface area contributed by atoms with Gasteiger partial charge in [-0.05, 0) is 48.7 Å². The van der Waals surface area contributed by atoms with Crippen LogP contribution in [0.15, 0.2) is 48.8 Å². The molecule has 5 nitrogen and oxygen atoms in total. The van der Waals surface area contributed by atoms with Crippen LogP contribution in [-0.2, 0) is 16.0 Å². The van der Waals surface area contributed by atoms with E-state index in [2.05, 4.69) is 10.3 Å². The van der Waals surface area contributed by atoms with Crippen molar-refractivity contribution < 1.29 is 9.53 Å². The summed E-state index contributed by atoms with van der Waals surface area (Å²) in [5.74, 6) is -0.152. The number of pyridine rings is 1. The fraction of sp³-hybridized carbons (Fsp3) is 0.429. The molecule has 1 aliphatic rings. The number of anilines is 1. The highest BCUT2D eigenvalue weighted by Crippen LogP contribution is 2.50. The Morgan fingerprint density at radius 1 is 1.14 bits per heavy atom. The van der Waals surface area contributed by atoms with E-state index in [4.69, 9.17) is 10.5 Å². The van der Waals surface area contributed by atoms with Gasteiger partial charge in [-0.15, -0.1) is 24.8 Å². The zero-order chi connectivity index (χ0) is 18.8. The number of benzene rings is 1. The average Bonchev–Trinajstić information content (AvgIpc) is 2.64. The second kappa shape index (κ2) is 9.70. The molecule has 0 aliphatic heterocycles. The molecule has 1 aromatic carbocycles. The Hall–Kier alpha value is -1.66. The highest BCUT2D eigenvalue weighted by atomic mass is 35.5. The van der Waals surface area contributed by atoms with Gasteiger partial charge in [-0.1, -0.05) is 26.0 Å². The van der Waals surface area contributed by atoms with E-state index in [1.807, 2.05) is 57.2 Å². The predicted molar refractivity (Wildman–Crippen MR) is 117 cm³/mol. The first-order valence-corrected chi connectivity index (χ1v) is 9.06. The standard InChI is InChI=1S/C21H27N3O2.2ClH/c1-4-26-18-14-21(22,20(18,2)3)19(25)24-17-7-5-15(6-8-17)13-16-9-11-23-12-10-16;;/h5-12,18H,4,13-14,22H2,1-3H3,(H,24,25);2*1H. The van der Waals surface area contributed by atoms with E-state index in [0.717, 1.165) is 12.1 Å². The van der Waals surface area contributed by atoms with Crippen molar-refractivity contribution >= 4 is 36.4 Å². The number of rotatable bonds is 6. The summed E-state index contributed by atoms with van der Waals surface area (Å²) in [6.45, 7) is 6.58. The van der Waals surface area contributed by atoms with Crippen LogP contribution in [-0.4, -0.2) is 29.1 Å². The summed E-state index contributed by atoms with van der Waals surface area (Å²) in [6, 6.07) is 11.9. The largest absolute Gasteiger partial charge is 0.378 e. The molecule has 3 N–H and O–H groups in total. The molecule has 1 heterocycles. The summed E-state index contributed by atoms with van der Waals surface area (Å²) in [6.07, 6.45) is 4.98. The van der Waals surface area contributed by atoms with Gasteiger partial charge in [0.2, 0.25) is 5.91 Å². The molecule has 1 fully saturated rings. The molecule has 154 valence electrons. The molecule has 1 amide bonds. The summed E-state index contributed by atoms with van der Waals surface area (Å²) in [7, 11) is 0. The van der Waals surface area contributed by atoms with Gasteiger partial charge in [0.1, 0.15) is 5.54 Å². The Morgan fingerprint density at radius 2 is 1.71 bits per heavy atom. The van der Waals surface area contributed by atoms with Crippen molar-refractivity contribution in [2.45, 2.75) is 45.3 Å². The van der Waals surface area contributed by atoms with Gasteiger partial charge in [0.25, 0.3) is 0 Å². The molecule has 0 saturated heterocycles. The molecule has 7 heteroatoms. The van der Waals surface area contributed by atoms with Crippen LogP contribution in [0.5, 0.6) is 0 Å². The van der Waals surface area contributed by atoms with Crippen molar-refractivity contribution in [2.24, 2.45) is 11.1 Å². The number of halogens is 2. The van der Waals surface area contributed by atoms with Crippen LogP contribution < -0.4 is 11.1 Å². The first-order chi connectivity index (χ1) is 12.4.